The fraction of sp³-hybridized carbons (Fsp3) is 0.360. The van der Waals surface area contributed by atoms with Crippen molar-refractivity contribution in [2.75, 3.05) is 19.5 Å². The molecule has 0 bridgehead atoms. The molecule has 0 radical (unpaired) electrons. The lowest BCUT2D eigenvalue weighted by molar-refractivity contribution is 0.162. The van der Waals surface area contributed by atoms with Crippen LogP contribution in [0.2, 0.25) is 0 Å². The third-order valence-electron chi connectivity index (χ3n) is 6.16. The predicted molar refractivity (Wildman–Crippen MR) is 126 cm³/mol. The number of para-hydroxylation sites is 1. The molecule has 1 aliphatic rings. The van der Waals surface area contributed by atoms with Gasteiger partial charge >= 0.3 is 6.03 Å². The summed E-state index contributed by atoms with van der Waals surface area (Å²) in [5, 5.41) is 3.45. The van der Waals surface area contributed by atoms with Crippen molar-refractivity contribution in [1.82, 2.24) is 9.88 Å². The number of fused-ring (bicyclic) bond motifs is 1. The number of hydrogen-bond acceptors (Lipinski definition) is 4. The molecule has 2 aromatic carbocycles. The van der Waals surface area contributed by atoms with Crippen LogP contribution in [-0.4, -0.2) is 36.2 Å². The molecule has 1 saturated carbocycles. The van der Waals surface area contributed by atoms with Crippen molar-refractivity contribution in [2.45, 2.75) is 44.7 Å². The Balaban J connectivity index is 1.67. The highest BCUT2D eigenvalue weighted by Gasteiger charge is 2.27. The molecule has 174 valence electrons. The molecular formula is C25H28FN3O4. The van der Waals surface area contributed by atoms with Gasteiger partial charge < -0.3 is 24.7 Å². The largest absolute Gasteiger partial charge is 0.493 e. The summed E-state index contributed by atoms with van der Waals surface area (Å²) in [6.07, 6.45) is 4.85. The van der Waals surface area contributed by atoms with Crippen LogP contribution in [0.3, 0.4) is 0 Å². The number of nitrogens with one attached hydrogen (secondary N) is 2. The van der Waals surface area contributed by atoms with Gasteiger partial charge in [-0.2, -0.15) is 0 Å². The summed E-state index contributed by atoms with van der Waals surface area (Å²) in [6.45, 7) is 0.116. The summed E-state index contributed by atoms with van der Waals surface area (Å²) in [4.78, 5) is 30.7. The molecular weight excluding hydrogens is 425 g/mol. The Bertz CT molecular complexity index is 1200. The van der Waals surface area contributed by atoms with Gasteiger partial charge in [0.2, 0.25) is 0 Å². The van der Waals surface area contributed by atoms with Crippen LogP contribution < -0.4 is 20.3 Å². The fourth-order valence-corrected chi connectivity index (χ4v) is 4.39. The predicted octanol–water partition coefficient (Wildman–Crippen LogP) is 5.05. The first kappa shape index (κ1) is 22.6. The van der Waals surface area contributed by atoms with Gasteiger partial charge in [-0.3, -0.25) is 4.79 Å². The molecule has 0 aliphatic heterocycles. The number of aromatic amines is 1. The van der Waals surface area contributed by atoms with E-state index < -0.39 is 11.8 Å². The van der Waals surface area contributed by atoms with Crippen LogP contribution in [0, 0.1) is 5.82 Å². The number of methoxy groups -OCH3 is 2. The van der Waals surface area contributed by atoms with Crippen molar-refractivity contribution < 1.29 is 18.7 Å². The van der Waals surface area contributed by atoms with E-state index in [1.54, 1.807) is 42.3 Å². The molecule has 0 unspecified atom stereocenters. The van der Waals surface area contributed by atoms with Gasteiger partial charge in [0.1, 0.15) is 5.82 Å². The number of nitrogens with zero attached hydrogens (tertiary/aromatic N) is 1. The standard InChI is InChI=1S/C25H28FN3O4/c1-32-22-13-16-12-17(24(30)27-21(16)14-23(22)33-2)15-29(18-8-4-3-5-9-18)25(31)28-20-11-7-6-10-19(20)26/h6-7,10-14,18H,3-5,8-9,15H2,1-2H3,(H,27,30)(H,28,31). The highest BCUT2D eigenvalue weighted by molar-refractivity contribution is 5.90. The molecule has 4 rings (SSSR count). The van der Waals surface area contributed by atoms with E-state index in [-0.39, 0.29) is 23.8 Å². The smallest absolute Gasteiger partial charge is 0.322 e. The van der Waals surface area contributed by atoms with Gasteiger partial charge in [-0.1, -0.05) is 31.4 Å². The lowest BCUT2D eigenvalue weighted by Gasteiger charge is -2.34. The van der Waals surface area contributed by atoms with Crippen LogP contribution in [0.5, 0.6) is 11.5 Å². The monoisotopic (exact) mass is 453 g/mol. The number of halogens is 1. The van der Waals surface area contributed by atoms with E-state index in [0.717, 1.165) is 37.5 Å². The van der Waals surface area contributed by atoms with E-state index in [4.69, 9.17) is 9.47 Å². The van der Waals surface area contributed by atoms with E-state index in [0.29, 0.717) is 22.6 Å². The molecule has 7 nitrogen and oxygen atoms in total. The van der Waals surface area contributed by atoms with Crippen LogP contribution in [0.1, 0.15) is 37.7 Å². The number of H-pyrrole nitrogens is 1. The van der Waals surface area contributed by atoms with E-state index in [1.807, 2.05) is 0 Å². The Kier molecular flexibility index (Phi) is 6.82. The van der Waals surface area contributed by atoms with Crippen molar-refractivity contribution in [3.63, 3.8) is 0 Å². The first-order chi connectivity index (χ1) is 16.0. The van der Waals surface area contributed by atoms with Crippen molar-refractivity contribution in [1.29, 1.82) is 0 Å². The van der Waals surface area contributed by atoms with Gasteiger partial charge in [0.25, 0.3) is 5.56 Å². The highest BCUT2D eigenvalue weighted by atomic mass is 19.1. The molecule has 3 aromatic rings. The second kappa shape index (κ2) is 9.94. The van der Waals surface area contributed by atoms with Gasteiger partial charge in [0.05, 0.1) is 32.0 Å². The van der Waals surface area contributed by atoms with Crippen LogP contribution in [0.25, 0.3) is 10.9 Å². The zero-order valence-electron chi connectivity index (χ0n) is 18.8. The van der Waals surface area contributed by atoms with Crippen molar-refractivity contribution >= 4 is 22.6 Å². The Morgan fingerprint density at radius 1 is 1.09 bits per heavy atom. The summed E-state index contributed by atoms with van der Waals surface area (Å²) >= 11 is 0. The first-order valence-electron chi connectivity index (χ1n) is 11.1. The number of anilines is 1. The number of ether oxygens (including phenoxy) is 2. The number of hydrogen-bond donors (Lipinski definition) is 2. The Morgan fingerprint density at radius 2 is 1.79 bits per heavy atom. The minimum Gasteiger partial charge on any atom is -0.493 e. The molecule has 33 heavy (non-hydrogen) atoms. The van der Waals surface area contributed by atoms with Gasteiger partial charge in [-0.25, -0.2) is 9.18 Å². The number of rotatable bonds is 6. The van der Waals surface area contributed by atoms with Crippen LogP contribution in [0.4, 0.5) is 14.9 Å². The van der Waals surface area contributed by atoms with Crippen LogP contribution in [0.15, 0.2) is 47.3 Å². The minimum absolute atomic E-state index is 0.0222. The number of aromatic nitrogens is 1. The summed E-state index contributed by atoms with van der Waals surface area (Å²) in [6, 6.07) is 10.9. The minimum atomic E-state index is -0.501. The van der Waals surface area contributed by atoms with Crippen molar-refractivity contribution in [3.8, 4) is 11.5 Å². The number of carbonyl (C=O) groups is 1. The normalized spacial score (nSPS) is 14.2. The Hall–Kier alpha value is -3.55. The van der Waals surface area contributed by atoms with Gasteiger partial charge in [0, 0.05) is 23.1 Å². The number of urea groups is 1. The third-order valence-corrected chi connectivity index (χ3v) is 6.16. The van der Waals surface area contributed by atoms with E-state index in [9.17, 15) is 14.0 Å². The van der Waals surface area contributed by atoms with E-state index >= 15 is 0 Å². The molecule has 1 aromatic heterocycles. The lowest BCUT2D eigenvalue weighted by Crippen LogP contribution is -2.44. The average Bonchev–Trinajstić information content (AvgIpc) is 2.83. The van der Waals surface area contributed by atoms with Crippen LogP contribution >= 0.6 is 0 Å². The summed E-state index contributed by atoms with van der Waals surface area (Å²) in [5.74, 6) is 0.560. The molecule has 2 amide bonds. The van der Waals surface area contributed by atoms with Crippen molar-refractivity contribution in [3.05, 3.63) is 64.2 Å². The second-order valence-corrected chi connectivity index (χ2v) is 8.25. The second-order valence-electron chi connectivity index (χ2n) is 8.25. The third kappa shape index (κ3) is 4.94. The Morgan fingerprint density at radius 3 is 2.48 bits per heavy atom. The zero-order valence-corrected chi connectivity index (χ0v) is 18.8. The maximum Gasteiger partial charge on any atom is 0.322 e. The number of benzene rings is 2. The topological polar surface area (TPSA) is 83.7 Å². The molecule has 2 N–H and O–H groups in total. The first-order valence-corrected chi connectivity index (χ1v) is 11.1. The molecule has 1 heterocycles. The molecule has 1 fully saturated rings. The van der Waals surface area contributed by atoms with Crippen molar-refractivity contribution in [2.24, 2.45) is 0 Å². The summed E-state index contributed by atoms with van der Waals surface area (Å²) in [5.41, 5.74) is 0.896. The summed E-state index contributed by atoms with van der Waals surface area (Å²) in [7, 11) is 3.08. The fourth-order valence-electron chi connectivity index (χ4n) is 4.39. The van der Waals surface area contributed by atoms with Gasteiger partial charge in [-0.05, 0) is 37.1 Å². The Labute approximate surface area is 191 Å². The van der Waals surface area contributed by atoms with E-state index in [2.05, 4.69) is 10.3 Å². The number of pyridine rings is 1. The van der Waals surface area contributed by atoms with Gasteiger partial charge in [-0.15, -0.1) is 0 Å². The maximum atomic E-state index is 14.1. The van der Waals surface area contributed by atoms with Gasteiger partial charge in [0.15, 0.2) is 11.5 Å². The molecule has 0 atom stereocenters. The highest BCUT2D eigenvalue weighted by Crippen LogP contribution is 2.31. The number of amides is 2. The molecule has 1 aliphatic carbocycles. The quantitative estimate of drug-likeness (QED) is 0.547. The summed E-state index contributed by atoms with van der Waals surface area (Å²) < 4.78 is 24.8. The number of carbonyl (C=O) groups excluding carboxylic acids is 1. The molecule has 0 saturated heterocycles. The van der Waals surface area contributed by atoms with E-state index in [1.165, 1.54) is 19.2 Å². The molecule has 0 spiro atoms. The average molecular weight is 454 g/mol. The lowest BCUT2D eigenvalue weighted by atomic mass is 9.94. The maximum absolute atomic E-state index is 14.1. The SMILES string of the molecule is COc1cc2cc(CN(C(=O)Nc3ccccc3F)C3CCCCC3)c(=O)[nH]c2cc1OC. The zero-order chi connectivity index (χ0) is 23.4. The molecule has 8 heteroatoms. The van der Waals surface area contributed by atoms with Crippen LogP contribution in [-0.2, 0) is 6.54 Å².